The minimum absolute atomic E-state index is 0.106. The van der Waals surface area contributed by atoms with Crippen LogP contribution >= 0.6 is 0 Å². The third kappa shape index (κ3) is 5.71. The Morgan fingerprint density at radius 2 is 1.87 bits per heavy atom. The molecule has 0 aliphatic carbocycles. The van der Waals surface area contributed by atoms with Crippen LogP contribution in [0.1, 0.15) is 5.56 Å². The van der Waals surface area contributed by atoms with Gasteiger partial charge in [0.05, 0.1) is 12.2 Å². The Balaban J connectivity index is 1.78. The first-order chi connectivity index (χ1) is 14.4. The van der Waals surface area contributed by atoms with Gasteiger partial charge in [-0.25, -0.2) is 18.3 Å². The molecule has 0 saturated heterocycles. The van der Waals surface area contributed by atoms with Crippen molar-refractivity contribution in [2.75, 3.05) is 25.5 Å². The van der Waals surface area contributed by atoms with Crippen LogP contribution in [0.4, 0.5) is 19.3 Å². The molecule has 1 heterocycles. The lowest BCUT2D eigenvalue weighted by atomic mass is 10.1. The number of aromatic nitrogens is 2. The topological polar surface area (TPSA) is 85.2 Å². The molecule has 0 aliphatic heterocycles. The van der Waals surface area contributed by atoms with Crippen molar-refractivity contribution in [1.29, 1.82) is 0 Å². The summed E-state index contributed by atoms with van der Waals surface area (Å²) in [7, 11) is 1.75. The van der Waals surface area contributed by atoms with Crippen LogP contribution in [0.3, 0.4) is 0 Å². The van der Waals surface area contributed by atoms with Crippen LogP contribution in [-0.2, 0) is 11.3 Å². The number of nitrogens with zero attached hydrogens (tertiary/aromatic N) is 2. The van der Waals surface area contributed by atoms with Gasteiger partial charge in [-0.05, 0) is 42.9 Å². The fraction of sp³-hybridized carbons (Fsp3) is 0.190. The molecule has 1 aromatic heterocycles. The minimum Gasteiger partial charge on any atom is -0.448 e. The molecule has 9 heteroatoms. The zero-order chi connectivity index (χ0) is 21.5. The van der Waals surface area contributed by atoms with Crippen LogP contribution in [0.15, 0.2) is 59.4 Å². The Kier molecular flexibility index (Phi) is 6.87. The second kappa shape index (κ2) is 9.75. The normalized spacial score (nSPS) is 10.6. The van der Waals surface area contributed by atoms with E-state index in [0.29, 0.717) is 17.8 Å². The van der Waals surface area contributed by atoms with Gasteiger partial charge >= 0.3 is 6.09 Å². The van der Waals surface area contributed by atoms with Gasteiger partial charge in [-0.15, -0.1) is 0 Å². The van der Waals surface area contributed by atoms with Crippen molar-refractivity contribution in [2.24, 2.45) is 0 Å². The van der Waals surface area contributed by atoms with E-state index >= 15 is 0 Å². The summed E-state index contributed by atoms with van der Waals surface area (Å²) < 4.78 is 33.2. The molecule has 0 saturated carbocycles. The molecule has 7 nitrogen and oxygen atoms in total. The average molecular weight is 414 g/mol. The van der Waals surface area contributed by atoms with Crippen molar-refractivity contribution in [3.05, 3.63) is 82.1 Å². The van der Waals surface area contributed by atoms with Crippen molar-refractivity contribution in [2.45, 2.75) is 6.54 Å². The molecule has 0 bridgehead atoms. The number of amides is 1. The van der Waals surface area contributed by atoms with Gasteiger partial charge in [-0.1, -0.05) is 12.1 Å². The summed E-state index contributed by atoms with van der Waals surface area (Å²) in [5.41, 5.74) is 1.30. The molecule has 156 valence electrons. The van der Waals surface area contributed by atoms with E-state index in [9.17, 15) is 18.4 Å². The van der Waals surface area contributed by atoms with Crippen LogP contribution in [0, 0.1) is 11.6 Å². The van der Waals surface area contributed by atoms with E-state index in [1.165, 1.54) is 16.8 Å². The van der Waals surface area contributed by atoms with Crippen molar-refractivity contribution in [3.8, 4) is 11.3 Å². The molecular weight excluding hydrogens is 394 g/mol. The molecule has 0 radical (unpaired) electrons. The summed E-state index contributed by atoms with van der Waals surface area (Å²) in [5, 5.41) is 9.69. The molecule has 3 rings (SSSR count). The van der Waals surface area contributed by atoms with Crippen LogP contribution in [0.2, 0.25) is 0 Å². The summed E-state index contributed by atoms with van der Waals surface area (Å²) in [6, 6.07) is 12.6. The van der Waals surface area contributed by atoms with Gasteiger partial charge in [0.15, 0.2) is 0 Å². The highest BCUT2D eigenvalue weighted by molar-refractivity contribution is 5.84. The lowest BCUT2D eigenvalue weighted by molar-refractivity contribution is 0.163. The summed E-state index contributed by atoms with van der Waals surface area (Å²) >= 11 is 0. The molecule has 2 N–H and O–H groups in total. The second-order valence-electron chi connectivity index (χ2n) is 6.44. The molecule has 1 amide bonds. The van der Waals surface area contributed by atoms with Crippen LogP contribution < -0.4 is 16.2 Å². The summed E-state index contributed by atoms with van der Waals surface area (Å²) in [4.78, 5) is 24.0. The fourth-order valence-corrected chi connectivity index (χ4v) is 2.74. The molecule has 0 unspecified atom stereocenters. The minimum atomic E-state index is -0.732. The molecule has 2 aromatic carbocycles. The number of anilines is 1. The molecule has 3 aromatic rings. The first kappa shape index (κ1) is 21.1. The Morgan fingerprint density at radius 1 is 1.10 bits per heavy atom. The zero-order valence-corrected chi connectivity index (χ0v) is 16.2. The molecular formula is C21H20F2N4O3. The second-order valence-corrected chi connectivity index (χ2v) is 6.44. The summed E-state index contributed by atoms with van der Waals surface area (Å²) in [5.74, 6) is -1.46. The number of benzene rings is 2. The molecule has 0 spiro atoms. The van der Waals surface area contributed by atoms with Crippen LogP contribution in [0.25, 0.3) is 11.3 Å². The van der Waals surface area contributed by atoms with Crippen molar-refractivity contribution >= 4 is 11.8 Å². The molecule has 30 heavy (non-hydrogen) atoms. The van der Waals surface area contributed by atoms with Gasteiger partial charge in [-0.2, -0.15) is 5.10 Å². The number of carbonyl (C=O) groups is 1. The number of nitrogens with one attached hydrogen (secondary N) is 2. The quantitative estimate of drug-likeness (QED) is 0.581. The van der Waals surface area contributed by atoms with E-state index in [-0.39, 0.29) is 30.0 Å². The number of likely N-dealkylation sites (N-methyl/N-ethyl adjacent to an activating group) is 1. The van der Waals surface area contributed by atoms with Gasteiger partial charge < -0.3 is 10.1 Å². The SMILES string of the molecule is CNCCOC(=O)Nc1cccc(Cn2nc(-c3cc(F)cc(F)c3)ccc2=O)c1. The predicted octanol–water partition coefficient (Wildman–Crippen LogP) is 3.00. The number of carbonyl (C=O) groups excluding carboxylic acids is 1. The van der Waals surface area contributed by atoms with Crippen molar-refractivity contribution < 1.29 is 18.3 Å². The van der Waals surface area contributed by atoms with Gasteiger partial charge in [0.25, 0.3) is 5.56 Å². The van der Waals surface area contributed by atoms with Crippen LogP contribution in [0.5, 0.6) is 0 Å². The highest BCUT2D eigenvalue weighted by atomic mass is 19.1. The highest BCUT2D eigenvalue weighted by Crippen LogP contribution is 2.19. The highest BCUT2D eigenvalue weighted by Gasteiger charge is 2.09. The van der Waals surface area contributed by atoms with Gasteiger partial charge in [0.1, 0.15) is 18.2 Å². The van der Waals surface area contributed by atoms with E-state index in [4.69, 9.17) is 4.74 Å². The number of rotatable bonds is 7. The number of ether oxygens (including phenoxy) is 1. The third-order valence-electron chi connectivity index (χ3n) is 4.12. The number of hydrogen-bond acceptors (Lipinski definition) is 5. The number of hydrogen-bond donors (Lipinski definition) is 2. The first-order valence-electron chi connectivity index (χ1n) is 9.16. The largest absolute Gasteiger partial charge is 0.448 e. The average Bonchev–Trinajstić information content (AvgIpc) is 2.69. The van der Waals surface area contributed by atoms with E-state index in [1.54, 1.807) is 31.3 Å². The molecule has 0 fully saturated rings. The first-order valence-corrected chi connectivity index (χ1v) is 9.16. The third-order valence-corrected chi connectivity index (χ3v) is 4.12. The maximum absolute atomic E-state index is 13.5. The maximum atomic E-state index is 13.5. The van der Waals surface area contributed by atoms with E-state index < -0.39 is 17.7 Å². The Hall–Kier alpha value is -3.59. The monoisotopic (exact) mass is 414 g/mol. The Bertz CT molecular complexity index is 1080. The van der Waals surface area contributed by atoms with E-state index in [1.807, 2.05) is 0 Å². The number of halogens is 2. The Morgan fingerprint density at radius 3 is 2.60 bits per heavy atom. The molecule has 0 aliphatic rings. The summed E-state index contributed by atoms with van der Waals surface area (Å²) in [6.07, 6.45) is -0.590. The molecule has 0 atom stereocenters. The smallest absolute Gasteiger partial charge is 0.411 e. The van der Waals surface area contributed by atoms with Gasteiger partial charge in [-0.3, -0.25) is 10.1 Å². The van der Waals surface area contributed by atoms with Crippen molar-refractivity contribution in [3.63, 3.8) is 0 Å². The van der Waals surface area contributed by atoms with Crippen LogP contribution in [-0.4, -0.2) is 36.1 Å². The van der Waals surface area contributed by atoms with Crippen molar-refractivity contribution in [1.82, 2.24) is 15.1 Å². The Labute approximate surface area is 171 Å². The van der Waals surface area contributed by atoms with E-state index in [0.717, 1.165) is 18.2 Å². The van der Waals surface area contributed by atoms with Gasteiger partial charge in [0.2, 0.25) is 0 Å². The maximum Gasteiger partial charge on any atom is 0.411 e. The predicted molar refractivity (Wildman–Crippen MR) is 108 cm³/mol. The van der Waals surface area contributed by atoms with Gasteiger partial charge in [0, 0.05) is 29.9 Å². The zero-order valence-electron chi connectivity index (χ0n) is 16.2. The lowest BCUT2D eigenvalue weighted by Crippen LogP contribution is -2.23. The lowest BCUT2D eigenvalue weighted by Gasteiger charge is -2.10. The van der Waals surface area contributed by atoms with E-state index in [2.05, 4.69) is 15.7 Å². The summed E-state index contributed by atoms with van der Waals surface area (Å²) in [6.45, 7) is 0.872. The standard InChI is InChI=1S/C21H20F2N4O3/c1-24-7-8-30-21(29)25-18-4-2-3-14(9-18)13-27-20(28)6-5-19(26-27)15-10-16(22)12-17(23)11-15/h2-6,9-12,24H,7-8,13H2,1H3,(H,25,29). The fourth-order valence-electron chi connectivity index (χ4n) is 2.74.